The van der Waals surface area contributed by atoms with Crippen LogP contribution < -0.4 is 16.4 Å². The first kappa shape index (κ1) is 12.9. The Kier molecular flexibility index (Phi) is 3.31. The maximum atomic E-state index is 12.1. The molecule has 0 radical (unpaired) electrons. The van der Waals surface area contributed by atoms with Gasteiger partial charge in [0.2, 0.25) is 0 Å². The average Bonchev–Trinajstić information content (AvgIpc) is 2.99. The second kappa shape index (κ2) is 5.12. The van der Waals surface area contributed by atoms with Gasteiger partial charge in [0.15, 0.2) is 5.82 Å². The van der Waals surface area contributed by atoms with Crippen LogP contribution in [0.2, 0.25) is 0 Å². The predicted molar refractivity (Wildman–Crippen MR) is 77.5 cm³/mol. The molecule has 3 rings (SSSR count). The van der Waals surface area contributed by atoms with Crippen LogP contribution in [-0.4, -0.2) is 26.1 Å². The van der Waals surface area contributed by atoms with Crippen LogP contribution >= 0.6 is 11.5 Å². The van der Waals surface area contributed by atoms with Crippen molar-refractivity contribution in [2.45, 2.75) is 25.4 Å². The van der Waals surface area contributed by atoms with Crippen molar-refractivity contribution in [3.63, 3.8) is 0 Å². The normalized spacial score (nSPS) is 14.2. The molecule has 4 N–H and O–H groups in total. The van der Waals surface area contributed by atoms with E-state index in [1.54, 1.807) is 4.68 Å². The molecule has 2 aromatic rings. The number of hydrogen-bond acceptors (Lipinski definition) is 6. The molecule has 20 heavy (non-hydrogen) atoms. The number of amides is 1. The van der Waals surface area contributed by atoms with Gasteiger partial charge in [0.05, 0.1) is 12.2 Å². The lowest BCUT2D eigenvalue weighted by atomic mass is 10.3. The Hall–Kier alpha value is -2.09. The Labute approximate surface area is 120 Å². The first-order valence-electron chi connectivity index (χ1n) is 6.42. The van der Waals surface area contributed by atoms with Crippen molar-refractivity contribution in [3.05, 3.63) is 23.5 Å². The molecule has 8 heteroatoms. The maximum absolute atomic E-state index is 12.1. The molecule has 7 nitrogen and oxygen atoms in total. The Morgan fingerprint density at radius 2 is 2.40 bits per heavy atom. The number of carbonyl (C=O) groups excluding carboxylic acids is 1. The number of rotatable bonds is 5. The molecule has 0 saturated heterocycles. The average molecular weight is 292 g/mol. The van der Waals surface area contributed by atoms with E-state index in [0.29, 0.717) is 23.2 Å². The second-order valence-corrected chi connectivity index (χ2v) is 5.63. The van der Waals surface area contributed by atoms with Crippen LogP contribution in [-0.2, 0) is 13.6 Å². The van der Waals surface area contributed by atoms with Crippen molar-refractivity contribution in [2.75, 3.05) is 11.1 Å². The van der Waals surface area contributed by atoms with E-state index in [-0.39, 0.29) is 11.7 Å². The summed E-state index contributed by atoms with van der Waals surface area (Å²) in [6, 6.07) is 2.21. The van der Waals surface area contributed by atoms with Crippen molar-refractivity contribution in [3.8, 4) is 0 Å². The zero-order chi connectivity index (χ0) is 14.1. The fourth-order valence-electron chi connectivity index (χ4n) is 1.86. The van der Waals surface area contributed by atoms with Crippen molar-refractivity contribution in [1.82, 2.24) is 19.5 Å². The third-order valence-corrected chi connectivity index (χ3v) is 3.88. The Morgan fingerprint density at radius 3 is 3.05 bits per heavy atom. The van der Waals surface area contributed by atoms with Gasteiger partial charge in [-0.1, -0.05) is 0 Å². The molecule has 0 unspecified atom stereocenters. The molecular weight excluding hydrogens is 276 g/mol. The summed E-state index contributed by atoms with van der Waals surface area (Å²) in [6.45, 7) is 0.534. The highest BCUT2D eigenvalue weighted by Crippen LogP contribution is 2.28. The third kappa shape index (κ3) is 2.74. The molecular formula is C12H16N6OS. The number of hydrogen-bond donors (Lipinski definition) is 3. The first-order chi connectivity index (χ1) is 9.63. The summed E-state index contributed by atoms with van der Waals surface area (Å²) in [5, 5.41) is 11.1. The fraction of sp³-hybridized carbons (Fsp3) is 0.417. The number of nitrogens with one attached hydrogen (secondary N) is 2. The van der Waals surface area contributed by atoms with Crippen LogP contribution in [0.5, 0.6) is 0 Å². The van der Waals surface area contributed by atoms with Crippen LogP contribution in [0.4, 0.5) is 10.8 Å². The molecule has 2 heterocycles. The fourth-order valence-corrected chi connectivity index (χ4v) is 2.56. The van der Waals surface area contributed by atoms with E-state index in [4.69, 9.17) is 5.73 Å². The van der Waals surface area contributed by atoms with Crippen molar-refractivity contribution >= 4 is 28.3 Å². The van der Waals surface area contributed by atoms with Gasteiger partial charge < -0.3 is 16.4 Å². The molecule has 1 aliphatic rings. The number of nitrogen functional groups attached to an aromatic ring is 1. The van der Waals surface area contributed by atoms with Gasteiger partial charge in [-0.05, 0) is 30.4 Å². The van der Waals surface area contributed by atoms with E-state index in [1.165, 1.54) is 11.5 Å². The van der Waals surface area contributed by atoms with E-state index in [0.717, 1.165) is 18.5 Å². The van der Waals surface area contributed by atoms with Gasteiger partial charge in [0, 0.05) is 19.3 Å². The number of aryl methyl sites for hydroxylation is 1. The zero-order valence-electron chi connectivity index (χ0n) is 11.1. The third-order valence-electron chi connectivity index (χ3n) is 3.06. The maximum Gasteiger partial charge on any atom is 0.258 e. The van der Waals surface area contributed by atoms with E-state index in [1.807, 2.05) is 19.3 Å². The first-order valence-corrected chi connectivity index (χ1v) is 7.19. The monoisotopic (exact) mass is 292 g/mol. The molecule has 1 saturated carbocycles. The van der Waals surface area contributed by atoms with Crippen LogP contribution in [0.1, 0.15) is 28.9 Å². The molecule has 0 aromatic carbocycles. The summed E-state index contributed by atoms with van der Waals surface area (Å²) >= 11 is 1.20. The summed E-state index contributed by atoms with van der Waals surface area (Å²) in [5.74, 6) is 0.124. The van der Waals surface area contributed by atoms with E-state index >= 15 is 0 Å². The Morgan fingerprint density at radius 1 is 1.60 bits per heavy atom. The van der Waals surface area contributed by atoms with E-state index < -0.39 is 0 Å². The predicted octanol–water partition coefficient (Wildman–Crippen LogP) is 0.963. The topological polar surface area (TPSA) is 97.9 Å². The largest absolute Gasteiger partial charge is 0.382 e. The van der Waals surface area contributed by atoms with Gasteiger partial charge in [-0.2, -0.15) is 9.47 Å². The minimum Gasteiger partial charge on any atom is -0.382 e. The minimum absolute atomic E-state index is 0.151. The standard InChI is InChI=1S/C12H16N6OS/c1-18-5-4-8(16-18)6-14-12-9(10(13)17-20-12)11(19)15-7-2-3-7/h4-5,7,14H,2-3,6H2,1H3,(H2,13,17)(H,15,19). The van der Waals surface area contributed by atoms with Gasteiger partial charge in [0.25, 0.3) is 5.91 Å². The molecule has 1 aliphatic carbocycles. The van der Waals surface area contributed by atoms with Gasteiger partial charge >= 0.3 is 0 Å². The Balaban J connectivity index is 1.70. The quantitative estimate of drug-likeness (QED) is 0.762. The van der Waals surface area contributed by atoms with Gasteiger partial charge in [-0.3, -0.25) is 9.48 Å². The molecule has 1 amide bonds. The van der Waals surface area contributed by atoms with Crippen LogP contribution in [0.25, 0.3) is 0 Å². The number of nitrogens with two attached hydrogens (primary N) is 1. The highest BCUT2D eigenvalue weighted by Gasteiger charge is 2.27. The summed E-state index contributed by atoms with van der Waals surface area (Å²) in [7, 11) is 1.86. The van der Waals surface area contributed by atoms with Gasteiger partial charge in [-0.15, -0.1) is 0 Å². The van der Waals surface area contributed by atoms with Gasteiger partial charge in [0.1, 0.15) is 10.6 Å². The Bertz CT molecular complexity index is 630. The number of anilines is 2. The van der Waals surface area contributed by atoms with Gasteiger partial charge in [-0.25, -0.2) is 0 Å². The van der Waals surface area contributed by atoms with E-state index in [9.17, 15) is 4.79 Å². The molecule has 0 bridgehead atoms. The summed E-state index contributed by atoms with van der Waals surface area (Å²) in [4.78, 5) is 12.1. The molecule has 0 spiro atoms. The SMILES string of the molecule is Cn1ccc(CNc2snc(N)c2C(=O)NC2CC2)n1. The molecule has 0 aliphatic heterocycles. The van der Waals surface area contributed by atoms with Crippen molar-refractivity contribution < 1.29 is 4.79 Å². The highest BCUT2D eigenvalue weighted by atomic mass is 32.1. The number of carbonyl (C=O) groups is 1. The lowest BCUT2D eigenvalue weighted by Crippen LogP contribution is -2.26. The summed E-state index contributed by atoms with van der Waals surface area (Å²) < 4.78 is 5.79. The minimum atomic E-state index is -0.151. The molecule has 0 atom stereocenters. The molecule has 106 valence electrons. The zero-order valence-corrected chi connectivity index (χ0v) is 11.9. The summed E-state index contributed by atoms with van der Waals surface area (Å²) in [5.41, 5.74) is 7.13. The molecule has 2 aromatic heterocycles. The van der Waals surface area contributed by atoms with E-state index in [2.05, 4.69) is 20.1 Å². The van der Waals surface area contributed by atoms with Crippen LogP contribution in [0.3, 0.4) is 0 Å². The number of nitrogens with zero attached hydrogens (tertiary/aromatic N) is 3. The van der Waals surface area contributed by atoms with Crippen LogP contribution in [0.15, 0.2) is 12.3 Å². The van der Waals surface area contributed by atoms with Crippen molar-refractivity contribution in [2.24, 2.45) is 7.05 Å². The lowest BCUT2D eigenvalue weighted by molar-refractivity contribution is 0.0953. The number of aromatic nitrogens is 3. The smallest absolute Gasteiger partial charge is 0.258 e. The lowest BCUT2D eigenvalue weighted by Gasteiger charge is -2.06. The highest BCUT2D eigenvalue weighted by molar-refractivity contribution is 7.11. The van der Waals surface area contributed by atoms with Crippen molar-refractivity contribution in [1.29, 1.82) is 0 Å². The molecule has 1 fully saturated rings. The summed E-state index contributed by atoms with van der Waals surface area (Å²) in [6.07, 6.45) is 3.96. The second-order valence-electron chi connectivity index (χ2n) is 4.85. The van der Waals surface area contributed by atoms with Crippen LogP contribution in [0, 0.1) is 0 Å².